The molecule has 2 aliphatic carbocycles. The summed E-state index contributed by atoms with van der Waals surface area (Å²) in [6.45, 7) is 5.22. The molecule has 7 rings (SSSR count). The van der Waals surface area contributed by atoms with Crippen molar-refractivity contribution < 1.29 is 9.18 Å². The van der Waals surface area contributed by atoms with E-state index in [9.17, 15) is 9.18 Å². The van der Waals surface area contributed by atoms with Gasteiger partial charge in [0.1, 0.15) is 5.82 Å². The fourth-order valence-electron chi connectivity index (χ4n) is 6.31. The first-order valence-corrected chi connectivity index (χ1v) is 15.2. The van der Waals surface area contributed by atoms with E-state index in [2.05, 4.69) is 91.2 Å². The van der Waals surface area contributed by atoms with Crippen LogP contribution in [0.2, 0.25) is 0 Å². The van der Waals surface area contributed by atoms with Gasteiger partial charge >= 0.3 is 0 Å². The maximum absolute atomic E-state index is 13.5. The Hall–Kier alpha value is -4.96. The SMILES string of the molecule is C1=CC=CNC=C1.CC1(C)CC(C(=O)c2ccc(F)cc2)C=c2c1ccc1c2=CCc2ccc(NCc3ccccc3)cc2-1. The summed E-state index contributed by atoms with van der Waals surface area (Å²) in [6.07, 6.45) is 17.6. The molecule has 0 fully saturated rings. The minimum Gasteiger partial charge on any atom is -0.381 e. The highest BCUT2D eigenvalue weighted by Gasteiger charge is 2.34. The monoisotopic (exact) mass is 580 g/mol. The minimum atomic E-state index is -0.324. The predicted octanol–water partition coefficient (Wildman–Crippen LogP) is 7.58. The van der Waals surface area contributed by atoms with Crippen molar-refractivity contribution in [3.63, 3.8) is 0 Å². The predicted molar refractivity (Wildman–Crippen MR) is 180 cm³/mol. The largest absolute Gasteiger partial charge is 0.381 e. The first-order chi connectivity index (χ1) is 21.4. The number of rotatable bonds is 5. The molecule has 1 heterocycles. The van der Waals surface area contributed by atoms with Gasteiger partial charge in [0.15, 0.2) is 5.78 Å². The number of anilines is 1. The van der Waals surface area contributed by atoms with Crippen LogP contribution >= 0.6 is 0 Å². The molecule has 4 aromatic carbocycles. The van der Waals surface area contributed by atoms with Crippen LogP contribution in [0.25, 0.3) is 23.3 Å². The summed E-state index contributed by atoms with van der Waals surface area (Å²) in [5.41, 5.74) is 7.82. The zero-order chi connectivity index (χ0) is 30.5. The molecule has 0 saturated heterocycles. The standard InChI is InChI=1S/C34H30FNO.C6H7N/c1-34(2)20-25(33(37)24-8-12-26(35)13-9-24)18-31-29-15-11-23-10-14-27(36-21-22-6-4-3-5-7-22)19-30(23)28(29)16-17-32(31)34;1-2-4-6-7-5-3-1/h3-10,12-19,25,36H,11,20-21H2,1-2H3;1-7H. The van der Waals surface area contributed by atoms with Crippen molar-refractivity contribution in [2.75, 3.05) is 5.32 Å². The van der Waals surface area contributed by atoms with Gasteiger partial charge in [-0.15, -0.1) is 0 Å². The molecule has 3 nitrogen and oxygen atoms in total. The molecule has 4 aromatic rings. The van der Waals surface area contributed by atoms with Gasteiger partial charge in [0.05, 0.1) is 0 Å². The van der Waals surface area contributed by atoms with Crippen LogP contribution in [-0.2, 0) is 18.4 Å². The summed E-state index contributed by atoms with van der Waals surface area (Å²) in [6, 6.07) is 27.5. The summed E-state index contributed by atoms with van der Waals surface area (Å²) in [5.74, 6) is -0.511. The molecule has 0 bridgehead atoms. The van der Waals surface area contributed by atoms with Gasteiger partial charge in [-0.05, 0) is 105 Å². The highest BCUT2D eigenvalue weighted by atomic mass is 19.1. The molecule has 0 aromatic heterocycles. The number of fused-ring (bicyclic) bond motifs is 5. The van der Waals surface area contributed by atoms with E-state index in [0.717, 1.165) is 25.1 Å². The van der Waals surface area contributed by atoms with E-state index >= 15 is 0 Å². The highest BCUT2D eigenvalue weighted by molar-refractivity contribution is 6.01. The van der Waals surface area contributed by atoms with Gasteiger partial charge in [-0.25, -0.2) is 4.39 Å². The fraction of sp³-hybridized carbons (Fsp3) is 0.175. The molecule has 2 N–H and O–H groups in total. The van der Waals surface area contributed by atoms with E-state index in [-0.39, 0.29) is 22.9 Å². The van der Waals surface area contributed by atoms with Crippen molar-refractivity contribution in [2.45, 2.75) is 38.6 Å². The zero-order valence-electron chi connectivity index (χ0n) is 25.2. The molecule has 4 heteroatoms. The molecule has 1 atom stereocenters. The summed E-state index contributed by atoms with van der Waals surface area (Å²) >= 11 is 0. The van der Waals surface area contributed by atoms with Crippen molar-refractivity contribution in [1.82, 2.24) is 5.32 Å². The topological polar surface area (TPSA) is 41.1 Å². The second-order valence-corrected chi connectivity index (χ2v) is 12.1. The van der Waals surface area contributed by atoms with Crippen molar-refractivity contribution in [2.24, 2.45) is 5.92 Å². The van der Waals surface area contributed by atoms with Crippen LogP contribution in [0.15, 0.2) is 122 Å². The average Bonchev–Trinajstić information content (AvgIpc) is 3.37. The molecule has 0 radical (unpaired) electrons. The van der Waals surface area contributed by atoms with Gasteiger partial charge in [0.25, 0.3) is 0 Å². The number of nitrogens with one attached hydrogen (secondary N) is 2. The Labute approximate surface area is 258 Å². The summed E-state index contributed by atoms with van der Waals surface area (Å²) in [4.78, 5) is 13.4. The lowest BCUT2D eigenvalue weighted by Gasteiger charge is -2.34. The van der Waals surface area contributed by atoms with Gasteiger partial charge < -0.3 is 10.6 Å². The third-order valence-corrected chi connectivity index (χ3v) is 8.56. The maximum atomic E-state index is 13.5. The van der Waals surface area contributed by atoms with Crippen LogP contribution in [0.1, 0.15) is 47.3 Å². The molecule has 0 amide bonds. The lowest BCUT2D eigenvalue weighted by Crippen LogP contribution is -2.43. The lowest BCUT2D eigenvalue weighted by molar-refractivity contribution is 0.0933. The van der Waals surface area contributed by atoms with Gasteiger partial charge in [0, 0.05) is 36.1 Å². The normalized spacial score (nSPS) is 16.8. The Morgan fingerprint density at radius 2 is 1.61 bits per heavy atom. The molecule has 44 heavy (non-hydrogen) atoms. The third-order valence-electron chi connectivity index (χ3n) is 8.56. The van der Waals surface area contributed by atoms with Crippen LogP contribution in [0.4, 0.5) is 10.1 Å². The highest BCUT2D eigenvalue weighted by Crippen LogP contribution is 2.35. The van der Waals surface area contributed by atoms with E-state index in [4.69, 9.17) is 0 Å². The lowest BCUT2D eigenvalue weighted by atomic mass is 9.69. The number of hydrogen-bond acceptors (Lipinski definition) is 3. The molecule has 1 aliphatic heterocycles. The third kappa shape index (κ3) is 6.35. The molecular formula is C40H37FN2O. The molecule has 0 saturated carbocycles. The number of benzene rings is 4. The molecular weight excluding hydrogens is 543 g/mol. The second-order valence-electron chi connectivity index (χ2n) is 12.1. The van der Waals surface area contributed by atoms with Crippen molar-refractivity contribution in [3.8, 4) is 11.1 Å². The van der Waals surface area contributed by atoms with Gasteiger partial charge in [-0.2, -0.15) is 0 Å². The van der Waals surface area contributed by atoms with Crippen LogP contribution in [-0.4, -0.2) is 5.78 Å². The van der Waals surface area contributed by atoms with Gasteiger partial charge in [0.2, 0.25) is 0 Å². The Morgan fingerprint density at radius 1 is 0.864 bits per heavy atom. The van der Waals surface area contributed by atoms with E-state index in [1.165, 1.54) is 50.4 Å². The quantitative estimate of drug-likeness (QED) is 0.239. The first-order valence-electron chi connectivity index (χ1n) is 15.2. The molecule has 3 aliphatic rings. The van der Waals surface area contributed by atoms with Crippen LogP contribution in [0, 0.1) is 11.7 Å². The minimum absolute atomic E-state index is 0.0555. The van der Waals surface area contributed by atoms with Crippen molar-refractivity contribution >= 4 is 23.6 Å². The number of carbonyl (C=O) groups is 1. The van der Waals surface area contributed by atoms with E-state index < -0.39 is 0 Å². The summed E-state index contributed by atoms with van der Waals surface area (Å²) in [5, 5.41) is 8.88. The van der Waals surface area contributed by atoms with Crippen LogP contribution in [0.5, 0.6) is 0 Å². The van der Waals surface area contributed by atoms with Crippen molar-refractivity contribution in [1.29, 1.82) is 0 Å². The van der Waals surface area contributed by atoms with Crippen LogP contribution in [0.3, 0.4) is 0 Å². The maximum Gasteiger partial charge on any atom is 0.169 e. The van der Waals surface area contributed by atoms with E-state index in [1.54, 1.807) is 12.1 Å². The summed E-state index contributed by atoms with van der Waals surface area (Å²) in [7, 11) is 0. The Bertz CT molecular complexity index is 1870. The number of carbonyl (C=O) groups excluding carboxylic acids is 1. The number of allylic oxidation sites excluding steroid dienone is 4. The first kappa shape index (κ1) is 29.1. The molecule has 220 valence electrons. The number of halogens is 1. The Morgan fingerprint density at radius 3 is 2.36 bits per heavy atom. The van der Waals surface area contributed by atoms with Crippen molar-refractivity contribution in [3.05, 3.63) is 160 Å². The van der Waals surface area contributed by atoms with Gasteiger partial charge in [-0.3, -0.25) is 4.79 Å². The molecule has 0 spiro atoms. The smallest absolute Gasteiger partial charge is 0.169 e. The Kier molecular flexibility index (Phi) is 8.42. The summed E-state index contributed by atoms with van der Waals surface area (Å²) < 4.78 is 13.5. The van der Waals surface area contributed by atoms with E-state index in [0.29, 0.717) is 5.56 Å². The average molecular weight is 581 g/mol. The van der Waals surface area contributed by atoms with E-state index in [1.807, 2.05) is 42.8 Å². The number of Topliss-reactive ketones (excluding diaryl/α,β-unsaturated/α-hetero) is 1. The zero-order valence-corrected chi connectivity index (χ0v) is 25.2. The Balaban J connectivity index is 0.000000433. The van der Waals surface area contributed by atoms with Crippen LogP contribution < -0.4 is 21.1 Å². The fourth-order valence-corrected chi connectivity index (χ4v) is 6.31. The van der Waals surface area contributed by atoms with Gasteiger partial charge in [-0.1, -0.05) is 86.7 Å². The second kappa shape index (κ2) is 12.7. The number of ketones is 1. The number of hydrogen-bond donors (Lipinski definition) is 2. The molecule has 1 unspecified atom stereocenters.